The van der Waals surface area contributed by atoms with Crippen molar-refractivity contribution in [1.82, 2.24) is 9.80 Å². The van der Waals surface area contributed by atoms with E-state index in [0.717, 1.165) is 11.8 Å². The van der Waals surface area contributed by atoms with Crippen LogP contribution in [0.15, 0.2) is 48.5 Å². The van der Waals surface area contributed by atoms with Crippen LogP contribution in [0.1, 0.15) is 61.8 Å². The van der Waals surface area contributed by atoms with Crippen molar-refractivity contribution >= 4 is 6.79 Å². The Balaban J connectivity index is 0.000000277. The first-order valence-corrected chi connectivity index (χ1v) is 12.0. The summed E-state index contributed by atoms with van der Waals surface area (Å²) < 4.78 is 5.00. The lowest BCUT2D eigenvalue weighted by molar-refractivity contribution is -0.0979. The van der Waals surface area contributed by atoms with Crippen LogP contribution in [-0.2, 0) is 4.79 Å². The second kappa shape index (κ2) is 14.1. The molecular weight excluding hydrogens is 396 g/mol. The lowest BCUT2D eigenvalue weighted by Gasteiger charge is -2.42. The van der Waals surface area contributed by atoms with Gasteiger partial charge in [0, 0.05) is 38.3 Å². The van der Waals surface area contributed by atoms with Crippen molar-refractivity contribution < 1.29 is 9.53 Å². The first-order valence-electron chi connectivity index (χ1n) is 12.0. The molecular formula is C28H42N2O2. The predicted molar refractivity (Wildman–Crippen MR) is 134 cm³/mol. The standard InChI is InChI=1S/C19H30N2.C8H10O.CH2O/c1-16-8-10-18(11-9-16)17(2)20-12-14-21(15-13-20)19-6-4-3-5-7-19;1-7-4-3-5-8(6-7)9-2;1-2/h8-11,17,19H,3-7,12-15H2,1-2H3;3-6H,1-2H3;1H2. The van der Waals surface area contributed by atoms with Gasteiger partial charge in [-0.15, -0.1) is 0 Å². The van der Waals surface area contributed by atoms with Gasteiger partial charge in [0.05, 0.1) is 7.11 Å². The van der Waals surface area contributed by atoms with Crippen LogP contribution in [0.25, 0.3) is 0 Å². The number of hydrogen-bond donors (Lipinski definition) is 0. The van der Waals surface area contributed by atoms with Gasteiger partial charge < -0.3 is 9.53 Å². The zero-order valence-corrected chi connectivity index (χ0v) is 20.6. The molecule has 2 aliphatic rings. The Hall–Kier alpha value is -2.17. The van der Waals surface area contributed by atoms with E-state index in [2.05, 4.69) is 47.9 Å². The monoisotopic (exact) mass is 438 g/mol. The summed E-state index contributed by atoms with van der Waals surface area (Å²) in [7, 11) is 1.68. The van der Waals surface area contributed by atoms with Gasteiger partial charge in [-0.1, -0.05) is 61.2 Å². The van der Waals surface area contributed by atoms with E-state index in [0.29, 0.717) is 6.04 Å². The van der Waals surface area contributed by atoms with Crippen LogP contribution in [0.2, 0.25) is 0 Å². The fraction of sp³-hybridized carbons (Fsp3) is 0.536. The minimum atomic E-state index is 0.555. The maximum Gasteiger partial charge on any atom is 0.119 e. The minimum absolute atomic E-state index is 0.555. The van der Waals surface area contributed by atoms with Gasteiger partial charge in [-0.2, -0.15) is 0 Å². The Morgan fingerprint density at radius 3 is 2.03 bits per heavy atom. The molecule has 2 aromatic carbocycles. The van der Waals surface area contributed by atoms with Crippen LogP contribution >= 0.6 is 0 Å². The van der Waals surface area contributed by atoms with Crippen molar-refractivity contribution in [2.75, 3.05) is 33.3 Å². The molecule has 1 aliphatic carbocycles. The molecule has 1 saturated carbocycles. The molecule has 0 radical (unpaired) electrons. The van der Waals surface area contributed by atoms with Crippen LogP contribution < -0.4 is 4.74 Å². The number of piperazine rings is 1. The molecule has 2 aromatic rings. The number of hydrogen-bond acceptors (Lipinski definition) is 4. The van der Waals surface area contributed by atoms with Crippen molar-refractivity contribution in [3.8, 4) is 5.75 Å². The molecule has 32 heavy (non-hydrogen) atoms. The highest BCUT2D eigenvalue weighted by molar-refractivity contribution is 5.27. The molecule has 2 fully saturated rings. The summed E-state index contributed by atoms with van der Waals surface area (Å²) in [5, 5.41) is 0. The Kier molecular flexibility index (Phi) is 11.5. The number of carbonyl (C=O) groups is 1. The highest BCUT2D eigenvalue weighted by Crippen LogP contribution is 2.26. The van der Waals surface area contributed by atoms with E-state index in [9.17, 15) is 0 Å². The van der Waals surface area contributed by atoms with Crippen LogP contribution in [0, 0.1) is 13.8 Å². The van der Waals surface area contributed by atoms with Gasteiger partial charge in [0.15, 0.2) is 0 Å². The molecule has 4 nitrogen and oxygen atoms in total. The van der Waals surface area contributed by atoms with Crippen molar-refractivity contribution in [2.24, 2.45) is 0 Å². The zero-order chi connectivity index (χ0) is 23.3. The van der Waals surface area contributed by atoms with Crippen molar-refractivity contribution in [3.63, 3.8) is 0 Å². The van der Waals surface area contributed by atoms with Crippen molar-refractivity contribution in [1.29, 1.82) is 0 Å². The number of benzene rings is 2. The third-order valence-corrected chi connectivity index (χ3v) is 6.77. The summed E-state index contributed by atoms with van der Waals surface area (Å²) in [4.78, 5) is 13.4. The molecule has 0 bridgehead atoms. The largest absolute Gasteiger partial charge is 0.497 e. The Bertz CT molecular complexity index is 763. The van der Waals surface area contributed by atoms with E-state index < -0.39 is 0 Å². The highest BCUT2D eigenvalue weighted by atomic mass is 16.5. The maximum absolute atomic E-state index is 8.00. The third kappa shape index (κ3) is 8.07. The van der Waals surface area contributed by atoms with Crippen LogP contribution in [-0.4, -0.2) is 55.9 Å². The average molecular weight is 439 g/mol. The van der Waals surface area contributed by atoms with E-state index in [4.69, 9.17) is 9.53 Å². The first kappa shape index (κ1) is 26.1. The number of nitrogens with zero attached hydrogens (tertiary/aromatic N) is 2. The van der Waals surface area contributed by atoms with Gasteiger partial charge in [-0.3, -0.25) is 9.80 Å². The lowest BCUT2D eigenvalue weighted by Crippen LogP contribution is -2.51. The molecule has 1 saturated heterocycles. The zero-order valence-electron chi connectivity index (χ0n) is 20.6. The lowest BCUT2D eigenvalue weighted by atomic mass is 9.93. The first-order chi connectivity index (χ1) is 15.6. The minimum Gasteiger partial charge on any atom is -0.497 e. The smallest absolute Gasteiger partial charge is 0.119 e. The normalized spacial score (nSPS) is 18.5. The maximum atomic E-state index is 8.00. The summed E-state index contributed by atoms with van der Waals surface area (Å²) in [6.07, 6.45) is 7.23. The average Bonchev–Trinajstić information content (AvgIpc) is 2.86. The molecule has 176 valence electrons. The highest BCUT2D eigenvalue weighted by Gasteiger charge is 2.27. The van der Waals surface area contributed by atoms with Gasteiger partial charge in [-0.05, 0) is 56.9 Å². The third-order valence-electron chi connectivity index (χ3n) is 6.77. The fourth-order valence-electron chi connectivity index (χ4n) is 4.73. The molecule has 0 aromatic heterocycles. The number of methoxy groups -OCH3 is 1. The Morgan fingerprint density at radius 1 is 0.875 bits per heavy atom. The second-order valence-electron chi connectivity index (χ2n) is 8.97. The van der Waals surface area contributed by atoms with E-state index in [1.54, 1.807) is 7.11 Å². The second-order valence-corrected chi connectivity index (χ2v) is 8.97. The summed E-state index contributed by atoms with van der Waals surface area (Å²) in [6, 6.07) is 18.5. The molecule has 1 unspecified atom stereocenters. The topological polar surface area (TPSA) is 32.8 Å². The van der Waals surface area contributed by atoms with E-state index in [1.165, 1.54) is 75.0 Å². The van der Waals surface area contributed by atoms with Gasteiger partial charge in [0.2, 0.25) is 0 Å². The van der Waals surface area contributed by atoms with Crippen molar-refractivity contribution in [2.45, 2.75) is 65.0 Å². The molecule has 1 heterocycles. The van der Waals surface area contributed by atoms with E-state index >= 15 is 0 Å². The van der Waals surface area contributed by atoms with Gasteiger partial charge in [-0.25, -0.2) is 0 Å². The summed E-state index contributed by atoms with van der Waals surface area (Å²) in [5.41, 5.74) is 4.05. The molecule has 4 heteroatoms. The fourth-order valence-corrected chi connectivity index (χ4v) is 4.73. The number of rotatable bonds is 4. The number of carbonyl (C=O) groups excluding carboxylic acids is 1. The SMILES string of the molecule is C=O.COc1cccc(C)c1.Cc1ccc(C(C)N2CCN(C3CCCCC3)CC2)cc1. The number of ether oxygens (including phenoxy) is 1. The quantitative estimate of drug-likeness (QED) is 0.602. The molecule has 1 aliphatic heterocycles. The Morgan fingerprint density at radius 2 is 1.50 bits per heavy atom. The van der Waals surface area contributed by atoms with Crippen LogP contribution in [0.4, 0.5) is 0 Å². The van der Waals surface area contributed by atoms with Crippen LogP contribution in [0.5, 0.6) is 5.75 Å². The Labute approximate surface area is 195 Å². The molecule has 1 atom stereocenters. The molecule has 4 rings (SSSR count). The molecule has 0 amide bonds. The summed E-state index contributed by atoms with van der Waals surface area (Å²) >= 11 is 0. The molecule has 0 N–H and O–H groups in total. The van der Waals surface area contributed by atoms with Crippen molar-refractivity contribution in [3.05, 3.63) is 65.2 Å². The number of aryl methyl sites for hydroxylation is 2. The predicted octanol–water partition coefficient (Wildman–Crippen LogP) is 5.83. The summed E-state index contributed by atoms with van der Waals surface area (Å²) in [5.74, 6) is 0.926. The summed E-state index contributed by atoms with van der Waals surface area (Å²) in [6.45, 7) is 13.6. The van der Waals surface area contributed by atoms with E-state index in [1.807, 2.05) is 38.0 Å². The van der Waals surface area contributed by atoms with E-state index in [-0.39, 0.29) is 0 Å². The molecule has 0 spiro atoms. The van der Waals surface area contributed by atoms with Gasteiger partial charge >= 0.3 is 0 Å². The van der Waals surface area contributed by atoms with Gasteiger partial charge in [0.25, 0.3) is 0 Å². The van der Waals surface area contributed by atoms with Crippen LogP contribution in [0.3, 0.4) is 0 Å². The van der Waals surface area contributed by atoms with Gasteiger partial charge in [0.1, 0.15) is 12.5 Å².